The van der Waals surface area contributed by atoms with Gasteiger partial charge in [-0.25, -0.2) is 4.98 Å². The predicted molar refractivity (Wildman–Crippen MR) is 103 cm³/mol. The van der Waals surface area contributed by atoms with Crippen molar-refractivity contribution >= 4 is 16.8 Å². The van der Waals surface area contributed by atoms with Crippen molar-refractivity contribution in [3.8, 4) is 5.75 Å². The molecule has 4 rings (SSSR count). The summed E-state index contributed by atoms with van der Waals surface area (Å²) in [5.41, 5.74) is 1.57. The Morgan fingerprint density at radius 1 is 1.19 bits per heavy atom. The molecule has 3 aromatic rings. The largest absolute Gasteiger partial charge is 0.493 e. The normalized spacial score (nSPS) is 15.8. The number of para-hydroxylation sites is 2. The van der Waals surface area contributed by atoms with E-state index < -0.39 is 0 Å². The van der Waals surface area contributed by atoms with E-state index in [-0.39, 0.29) is 17.5 Å². The Morgan fingerprint density at radius 3 is 2.93 bits per heavy atom. The Hall–Kier alpha value is -3.15. The molecule has 27 heavy (non-hydrogen) atoms. The minimum absolute atomic E-state index is 0.000149. The van der Waals surface area contributed by atoms with Crippen molar-refractivity contribution in [3.63, 3.8) is 0 Å². The molecule has 1 aromatic heterocycles. The van der Waals surface area contributed by atoms with Gasteiger partial charge in [-0.3, -0.25) is 9.59 Å². The highest BCUT2D eigenvalue weighted by molar-refractivity contribution is 5.77. The summed E-state index contributed by atoms with van der Waals surface area (Å²) in [6.45, 7) is 0.601. The number of amides is 1. The molecular weight excluding hydrogens is 342 g/mol. The van der Waals surface area contributed by atoms with Gasteiger partial charge in [0.05, 0.1) is 23.6 Å². The van der Waals surface area contributed by atoms with Crippen LogP contribution in [0.5, 0.6) is 5.75 Å². The lowest BCUT2D eigenvalue weighted by Gasteiger charge is -2.26. The zero-order valence-corrected chi connectivity index (χ0v) is 14.9. The molecule has 138 valence electrons. The third-order valence-electron chi connectivity index (χ3n) is 4.77. The van der Waals surface area contributed by atoms with Crippen LogP contribution in [0, 0.1) is 0 Å². The van der Waals surface area contributed by atoms with E-state index in [1.165, 1.54) is 0 Å². The first-order chi connectivity index (χ1) is 13.2. The summed E-state index contributed by atoms with van der Waals surface area (Å²) >= 11 is 0. The molecule has 1 unspecified atom stereocenters. The zero-order valence-electron chi connectivity index (χ0n) is 14.9. The van der Waals surface area contributed by atoms with Gasteiger partial charge in [0.15, 0.2) is 0 Å². The second-order valence-electron chi connectivity index (χ2n) is 6.68. The number of aromatic amines is 1. The van der Waals surface area contributed by atoms with Crippen LogP contribution in [0.25, 0.3) is 10.9 Å². The molecule has 0 fully saturated rings. The zero-order chi connectivity index (χ0) is 18.6. The van der Waals surface area contributed by atoms with Crippen LogP contribution in [0.15, 0.2) is 53.3 Å². The molecule has 2 heterocycles. The molecule has 6 heteroatoms. The van der Waals surface area contributed by atoms with E-state index in [0.717, 1.165) is 17.7 Å². The van der Waals surface area contributed by atoms with Crippen molar-refractivity contribution in [3.05, 3.63) is 70.3 Å². The van der Waals surface area contributed by atoms with Crippen LogP contribution in [0.2, 0.25) is 0 Å². The van der Waals surface area contributed by atoms with E-state index in [4.69, 9.17) is 4.74 Å². The Morgan fingerprint density at radius 2 is 2.00 bits per heavy atom. The summed E-state index contributed by atoms with van der Waals surface area (Å²) in [5.74, 6) is 1.45. The van der Waals surface area contributed by atoms with Crippen LogP contribution < -0.4 is 15.6 Å². The molecule has 1 atom stereocenters. The fourth-order valence-corrected chi connectivity index (χ4v) is 3.43. The lowest BCUT2D eigenvalue weighted by atomic mass is 10.0. The monoisotopic (exact) mass is 363 g/mol. The van der Waals surface area contributed by atoms with Gasteiger partial charge >= 0.3 is 0 Å². The number of carbonyl (C=O) groups is 1. The summed E-state index contributed by atoms with van der Waals surface area (Å²) in [7, 11) is 0. The molecule has 0 aliphatic carbocycles. The third-order valence-corrected chi connectivity index (χ3v) is 4.77. The van der Waals surface area contributed by atoms with Crippen LogP contribution in [0.4, 0.5) is 0 Å². The van der Waals surface area contributed by atoms with Crippen LogP contribution in [0.1, 0.15) is 36.7 Å². The number of hydrogen-bond acceptors (Lipinski definition) is 4. The summed E-state index contributed by atoms with van der Waals surface area (Å²) in [5, 5.41) is 3.67. The van der Waals surface area contributed by atoms with Gasteiger partial charge in [-0.2, -0.15) is 0 Å². The Labute approximate surface area is 156 Å². The fourth-order valence-electron chi connectivity index (χ4n) is 3.43. The minimum atomic E-state index is -0.140. The maximum Gasteiger partial charge on any atom is 0.258 e. The van der Waals surface area contributed by atoms with Crippen molar-refractivity contribution in [1.82, 2.24) is 15.3 Å². The van der Waals surface area contributed by atoms with E-state index in [2.05, 4.69) is 15.3 Å². The second kappa shape index (κ2) is 7.61. The van der Waals surface area contributed by atoms with Crippen molar-refractivity contribution in [2.75, 3.05) is 6.61 Å². The van der Waals surface area contributed by atoms with Gasteiger partial charge in [-0.15, -0.1) is 0 Å². The van der Waals surface area contributed by atoms with E-state index in [1.54, 1.807) is 6.07 Å². The van der Waals surface area contributed by atoms with Gasteiger partial charge in [-0.1, -0.05) is 30.3 Å². The number of nitrogens with one attached hydrogen (secondary N) is 2. The number of H-pyrrole nitrogens is 1. The first kappa shape index (κ1) is 17.3. The molecule has 1 aliphatic heterocycles. The molecule has 0 spiro atoms. The van der Waals surface area contributed by atoms with Gasteiger partial charge in [-0.05, 0) is 24.6 Å². The lowest BCUT2D eigenvalue weighted by molar-refractivity contribution is -0.122. The summed E-state index contributed by atoms with van der Waals surface area (Å²) < 4.78 is 5.63. The average molecular weight is 363 g/mol. The molecule has 0 saturated heterocycles. The smallest absolute Gasteiger partial charge is 0.258 e. The second-order valence-corrected chi connectivity index (χ2v) is 6.68. The minimum Gasteiger partial charge on any atom is -0.493 e. The van der Waals surface area contributed by atoms with Crippen LogP contribution in [0.3, 0.4) is 0 Å². The molecule has 1 amide bonds. The standard InChI is InChI=1S/C21H21N3O3/c25-20(23-17-12-13-27-18-9-4-2-6-14(17)18)11-5-10-19-22-16-8-3-1-7-15(16)21(26)24-19/h1-4,6-9,17H,5,10-13H2,(H,23,25)(H,22,24,26). The van der Waals surface area contributed by atoms with Crippen molar-refractivity contribution in [2.45, 2.75) is 31.7 Å². The summed E-state index contributed by atoms with van der Waals surface area (Å²) in [6.07, 6.45) is 2.33. The molecule has 0 radical (unpaired) electrons. The first-order valence-corrected chi connectivity index (χ1v) is 9.20. The Kier molecular flexibility index (Phi) is 4.87. The molecule has 0 bridgehead atoms. The maximum atomic E-state index is 12.3. The lowest BCUT2D eigenvalue weighted by Crippen LogP contribution is -2.32. The number of aryl methyl sites for hydroxylation is 1. The van der Waals surface area contributed by atoms with Crippen molar-refractivity contribution in [2.24, 2.45) is 0 Å². The first-order valence-electron chi connectivity index (χ1n) is 9.20. The molecule has 0 saturated carbocycles. The van der Waals surface area contributed by atoms with Crippen LogP contribution in [-0.2, 0) is 11.2 Å². The number of fused-ring (bicyclic) bond motifs is 2. The van der Waals surface area contributed by atoms with Gasteiger partial charge in [0, 0.05) is 24.8 Å². The predicted octanol–water partition coefficient (Wildman–Crippen LogP) is 2.89. The van der Waals surface area contributed by atoms with Gasteiger partial charge < -0.3 is 15.0 Å². The van der Waals surface area contributed by atoms with Crippen LogP contribution >= 0.6 is 0 Å². The highest BCUT2D eigenvalue weighted by Crippen LogP contribution is 2.31. The number of hydrogen-bond donors (Lipinski definition) is 2. The number of benzene rings is 2. The highest BCUT2D eigenvalue weighted by Gasteiger charge is 2.22. The van der Waals surface area contributed by atoms with Crippen molar-refractivity contribution in [1.29, 1.82) is 0 Å². The topological polar surface area (TPSA) is 84.1 Å². The Balaban J connectivity index is 1.35. The quantitative estimate of drug-likeness (QED) is 0.730. The SMILES string of the molecule is O=C(CCCc1nc2ccccc2c(=O)[nH]1)NC1CCOc2ccccc21. The van der Waals surface area contributed by atoms with Crippen LogP contribution in [-0.4, -0.2) is 22.5 Å². The molecule has 6 nitrogen and oxygen atoms in total. The van der Waals surface area contributed by atoms with Crippen molar-refractivity contribution < 1.29 is 9.53 Å². The van der Waals surface area contributed by atoms with E-state index in [0.29, 0.717) is 42.6 Å². The number of aromatic nitrogens is 2. The molecule has 2 aromatic carbocycles. The molecule has 2 N–H and O–H groups in total. The van der Waals surface area contributed by atoms with Gasteiger partial charge in [0.25, 0.3) is 5.56 Å². The number of nitrogens with zero attached hydrogens (tertiary/aromatic N) is 1. The fraction of sp³-hybridized carbons (Fsp3) is 0.286. The highest BCUT2D eigenvalue weighted by atomic mass is 16.5. The third kappa shape index (κ3) is 3.84. The average Bonchev–Trinajstić information content (AvgIpc) is 2.68. The number of ether oxygens (including phenoxy) is 1. The molecule has 1 aliphatic rings. The Bertz CT molecular complexity index is 1030. The van der Waals surface area contributed by atoms with E-state index >= 15 is 0 Å². The van der Waals surface area contributed by atoms with Gasteiger partial charge in [0.1, 0.15) is 11.6 Å². The summed E-state index contributed by atoms with van der Waals surface area (Å²) in [4.78, 5) is 31.7. The van der Waals surface area contributed by atoms with E-state index in [1.807, 2.05) is 42.5 Å². The number of carbonyl (C=O) groups excluding carboxylic acids is 1. The number of rotatable bonds is 5. The van der Waals surface area contributed by atoms with E-state index in [9.17, 15) is 9.59 Å². The van der Waals surface area contributed by atoms with Gasteiger partial charge in [0.2, 0.25) is 5.91 Å². The maximum absolute atomic E-state index is 12.3. The molecular formula is C21H21N3O3. The summed E-state index contributed by atoms with van der Waals surface area (Å²) in [6, 6.07) is 15.0.